The molecule has 0 aliphatic rings. The van der Waals surface area contributed by atoms with Gasteiger partial charge >= 0.3 is 0 Å². The maximum Gasteiger partial charge on any atom is 0.270 e. The molecule has 0 unspecified atom stereocenters. The number of phenols is 1. The van der Waals surface area contributed by atoms with Crippen molar-refractivity contribution < 1.29 is 18.7 Å². The number of benzene rings is 2. The standard InChI is InChI=1S/C19H15F2NO2S/c1-19(20,21)13-4-2-12(3-5-13)16-10-11-17(25-16)18(24)22-14-6-8-15(23)9-7-14/h2-11,23H,1H3,(H,22,24). The van der Waals surface area contributed by atoms with E-state index in [9.17, 15) is 18.7 Å². The van der Waals surface area contributed by atoms with E-state index >= 15 is 0 Å². The van der Waals surface area contributed by atoms with Gasteiger partial charge in [0.1, 0.15) is 5.75 Å². The van der Waals surface area contributed by atoms with E-state index in [2.05, 4.69) is 5.32 Å². The van der Waals surface area contributed by atoms with Crippen LogP contribution >= 0.6 is 11.3 Å². The SMILES string of the molecule is CC(F)(F)c1ccc(-c2ccc(C(=O)Nc3ccc(O)cc3)s2)cc1. The summed E-state index contributed by atoms with van der Waals surface area (Å²) in [5.41, 5.74) is 1.31. The van der Waals surface area contributed by atoms with E-state index in [0.717, 1.165) is 17.4 Å². The minimum atomic E-state index is -2.87. The molecule has 1 heterocycles. The van der Waals surface area contributed by atoms with Crippen molar-refractivity contribution in [1.29, 1.82) is 0 Å². The van der Waals surface area contributed by atoms with E-state index in [1.807, 2.05) is 0 Å². The minimum absolute atomic E-state index is 0.0434. The zero-order valence-electron chi connectivity index (χ0n) is 13.3. The molecule has 6 heteroatoms. The maximum absolute atomic E-state index is 13.3. The quantitative estimate of drug-likeness (QED) is 0.606. The molecule has 0 atom stereocenters. The molecule has 0 aliphatic heterocycles. The van der Waals surface area contributed by atoms with Gasteiger partial charge in [-0.25, -0.2) is 8.78 Å². The molecular weight excluding hydrogens is 344 g/mol. The number of hydrogen-bond donors (Lipinski definition) is 2. The van der Waals surface area contributed by atoms with Crippen molar-refractivity contribution in [2.45, 2.75) is 12.8 Å². The molecule has 2 aromatic carbocycles. The maximum atomic E-state index is 13.3. The smallest absolute Gasteiger partial charge is 0.270 e. The Morgan fingerprint density at radius 1 is 1.00 bits per heavy atom. The van der Waals surface area contributed by atoms with E-state index < -0.39 is 5.92 Å². The van der Waals surface area contributed by atoms with Gasteiger partial charge in [0, 0.05) is 23.1 Å². The Morgan fingerprint density at radius 2 is 1.64 bits per heavy atom. The highest BCUT2D eigenvalue weighted by atomic mass is 32.1. The summed E-state index contributed by atoms with van der Waals surface area (Å²) in [6, 6.07) is 15.7. The first-order valence-corrected chi connectivity index (χ1v) is 8.33. The van der Waals surface area contributed by atoms with E-state index in [0.29, 0.717) is 10.6 Å². The van der Waals surface area contributed by atoms with Crippen LogP contribution in [0.15, 0.2) is 60.7 Å². The van der Waals surface area contributed by atoms with Crippen LogP contribution in [0.3, 0.4) is 0 Å². The van der Waals surface area contributed by atoms with Crippen molar-refractivity contribution in [2.75, 3.05) is 5.32 Å². The fraction of sp³-hybridized carbons (Fsp3) is 0.105. The molecule has 3 rings (SSSR count). The van der Waals surface area contributed by atoms with Gasteiger partial charge in [0.25, 0.3) is 11.8 Å². The Kier molecular flexibility index (Phi) is 4.55. The summed E-state index contributed by atoms with van der Waals surface area (Å²) >= 11 is 1.28. The molecule has 2 N–H and O–H groups in total. The predicted octanol–water partition coefficient (Wildman–Crippen LogP) is 5.48. The van der Waals surface area contributed by atoms with Crippen LogP contribution in [-0.2, 0) is 5.92 Å². The number of alkyl halides is 2. The number of phenolic OH excluding ortho intramolecular Hbond substituents is 1. The molecule has 0 saturated heterocycles. The number of hydrogen-bond acceptors (Lipinski definition) is 3. The minimum Gasteiger partial charge on any atom is -0.508 e. The Labute approximate surface area is 147 Å². The number of anilines is 1. The van der Waals surface area contributed by atoms with Gasteiger partial charge in [0.15, 0.2) is 0 Å². The first-order valence-electron chi connectivity index (χ1n) is 7.52. The molecule has 0 aliphatic carbocycles. The van der Waals surface area contributed by atoms with Gasteiger partial charge in [-0.3, -0.25) is 4.79 Å². The Morgan fingerprint density at radius 3 is 2.24 bits per heavy atom. The second-order valence-corrected chi connectivity index (χ2v) is 6.71. The summed E-state index contributed by atoms with van der Waals surface area (Å²) in [7, 11) is 0. The first-order chi connectivity index (χ1) is 11.8. The molecular formula is C19H15F2NO2S. The van der Waals surface area contributed by atoms with Gasteiger partial charge in [-0.1, -0.05) is 24.3 Å². The van der Waals surface area contributed by atoms with Crippen molar-refractivity contribution in [3.63, 3.8) is 0 Å². The fourth-order valence-electron chi connectivity index (χ4n) is 2.28. The lowest BCUT2D eigenvalue weighted by molar-refractivity contribution is 0.0175. The third-order valence-electron chi connectivity index (χ3n) is 3.63. The highest BCUT2D eigenvalue weighted by molar-refractivity contribution is 7.17. The van der Waals surface area contributed by atoms with Crippen LogP contribution in [-0.4, -0.2) is 11.0 Å². The third kappa shape index (κ3) is 4.03. The van der Waals surface area contributed by atoms with Crippen LogP contribution in [0.2, 0.25) is 0 Å². The number of carbonyl (C=O) groups is 1. The summed E-state index contributed by atoms with van der Waals surface area (Å²) in [5.74, 6) is -3.01. The molecule has 3 nitrogen and oxygen atoms in total. The summed E-state index contributed by atoms with van der Waals surface area (Å²) in [6.45, 7) is 0.860. The fourth-order valence-corrected chi connectivity index (χ4v) is 3.19. The van der Waals surface area contributed by atoms with Crippen LogP contribution in [0.25, 0.3) is 10.4 Å². The van der Waals surface area contributed by atoms with Crippen LogP contribution in [0, 0.1) is 0 Å². The summed E-state index contributed by atoms with van der Waals surface area (Å²) in [4.78, 5) is 13.6. The predicted molar refractivity (Wildman–Crippen MR) is 95.4 cm³/mol. The number of amides is 1. The second-order valence-electron chi connectivity index (χ2n) is 5.63. The van der Waals surface area contributed by atoms with Crippen LogP contribution in [0.1, 0.15) is 22.2 Å². The van der Waals surface area contributed by atoms with Gasteiger partial charge in [-0.05, 0) is 42.0 Å². The van der Waals surface area contributed by atoms with E-state index in [1.165, 1.54) is 35.6 Å². The van der Waals surface area contributed by atoms with Crippen molar-refractivity contribution in [3.8, 4) is 16.2 Å². The number of halogens is 2. The first kappa shape index (κ1) is 17.1. The normalized spacial score (nSPS) is 11.3. The van der Waals surface area contributed by atoms with Gasteiger partial charge in [-0.2, -0.15) is 0 Å². The van der Waals surface area contributed by atoms with Gasteiger partial charge in [-0.15, -0.1) is 11.3 Å². The average Bonchev–Trinajstić information content (AvgIpc) is 3.06. The molecule has 3 aromatic rings. The highest BCUT2D eigenvalue weighted by Crippen LogP contribution is 2.32. The second kappa shape index (κ2) is 6.64. The highest BCUT2D eigenvalue weighted by Gasteiger charge is 2.23. The molecule has 25 heavy (non-hydrogen) atoms. The molecule has 128 valence electrons. The van der Waals surface area contributed by atoms with Crippen molar-refractivity contribution in [3.05, 3.63) is 71.1 Å². The van der Waals surface area contributed by atoms with Crippen LogP contribution in [0.4, 0.5) is 14.5 Å². The molecule has 1 amide bonds. The summed E-state index contributed by atoms with van der Waals surface area (Å²) in [5, 5.41) is 12.0. The van der Waals surface area contributed by atoms with E-state index in [4.69, 9.17) is 0 Å². The number of aromatic hydroxyl groups is 1. The number of rotatable bonds is 4. The van der Waals surface area contributed by atoms with E-state index in [1.54, 1.807) is 36.4 Å². The Balaban J connectivity index is 1.75. The molecule has 0 bridgehead atoms. The molecule has 0 saturated carbocycles. The topological polar surface area (TPSA) is 49.3 Å². The van der Waals surface area contributed by atoms with E-state index in [-0.39, 0.29) is 17.2 Å². The van der Waals surface area contributed by atoms with Crippen LogP contribution < -0.4 is 5.32 Å². The molecule has 0 fully saturated rings. The third-order valence-corrected chi connectivity index (χ3v) is 4.76. The van der Waals surface area contributed by atoms with Gasteiger partial charge in [0.05, 0.1) is 4.88 Å². The monoisotopic (exact) mass is 359 g/mol. The van der Waals surface area contributed by atoms with Crippen molar-refractivity contribution in [2.24, 2.45) is 0 Å². The molecule has 0 radical (unpaired) electrons. The number of nitrogens with one attached hydrogen (secondary N) is 1. The number of thiophene rings is 1. The zero-order valence-corrected chi connectivity index (χ0v) is 14.1. The van der Waals surface area contributed by atoms with Gasteiger partial charge < -0.3 is 10.4 Å². The largest absolute Gasteiger partial charge is 0.508 e. The summed E-state index contributed by atoms with van der Waals surface area (Å²) in [6.07, 6.45) is 0. The lowest BCUT2D eigenvalue weighted by atomic mass is 10.1. The molecule has 1 aromatic heterocycles. The summed E-state index contributed by atoms with van der Waals surface area (Å²) < 4.78 is 26.5. The van der Waals surface area contributed by atoms with Crippen molar-refractivity contribution in [1.82, 2.24) is 0 Å². The average molecular weight is 359 g/mol. The van der Waals surface area contributed by atoms with Crippen LogP contribution in [0.5, 0.6) is 5.75 Å². The lowest BCUT2D eigenvalue weighted by Crippen LogP contribution is -2.09. The Bertz CT molecular complexity index is 881. The lowest BCUT2D eigenvalue weighted by Gasteiger charge is -2.10. The molecule has 0 spiro atoms. The zero-order chi connectivity index (χ0) is 18.0. The van der Waals surface area contributed by atoms with Gasteiger partial charge in [0.2, 0.25) is 0 Å². The number of carbonyl (C=O) groups excluding carboxylic acids is 1. The van der Waals surface area contributed by atoms with Crippen molar-refractivity contribution >= 4 is 22.9 Å². The Hall–Kier alpha value is -2.73.